The molecular weight excluding hydrogens is 329 g/mol. The SMILES string of the molecule is COc1cc(-c2cnn(S(=O)(=O)C(C)C)c2)cc(F)c1[N+](=O)[O-]. The van der Waals surface area contributed by atoms with Crippen LogP contribution in [0.3, 0.4) is 0 Å². The molecule has 0 bridgehead atoms. The molecular formula is C13H14FN3O5S. The van der Waals surface area contributed by atoms with Crippen molar-refractivity contribution in [2.75, 3.05) is 7.11 Å². The summed E-state index contributed by atoms with van der Waals surface area (Å²) in [5.41, 5.74) is -0.269. The molecule has 0 saturated heterocycles. The average Bonchev–Trinajstić information content (AvgIpc) is 2.96. The monoisotopic (exact) mass is 343 g/mol. The average molecular weight is 343 g/mol. The summed E-state index contributed by atoms with van der Waals surface area (Å²) in [4.78, 5) is 9.97. The van der Waals surface area contributed by atoms with Crippen LogP contribution in [0, 0.1) is 15.9 Å². The van der Waals surface area contributed by atoms with Gasteiger partial charge in [0, 0.05) is 5.56 Å². The number of hydrogen-bond donors (Lipinski definition) is 0. The smallest absolute Gasteiger partial charge is 0.346 e. The molecule has 0 radical (unpaired) electrons. The van der Waals surface area contributed by atoms with E-state index < -0.39 is 31.7 Å². The molecule has 0 spiro atoms. The molecule has 0 unspecified atom stereocenters. The van der Waals surface area contributed by atoms with Gasteiger partial charge in [-0.3, -0.25) is 10.1 Å². The van der Waals surface area contributed by atoms with E-state index in [1.165, 1.54) is 39.4 Å². The van der Waals surface area contributed by atoms with E-state index >= 15 is 0 Å². The Hall–Kier alpha value is -2.49. The van der Waals surface area contributed by atoms with E-state index in [4.69, 9.17) is 4.74 Å². The maximum Gasteiger partial charge on any atom is 0.346 e. The van der Waals surface area contributed by atoms with Gasteiger partial charge < -0.3 is 4.74 Å². The van der Waals surface area contributed by atoms with E-state index in [1.807, 2.05) is 0 Å². The van der Waals surface area contributed by atoms with Gasteiger partial charge in [-0.1, -0.05) is 0 Å². The van der Waals surface area contributed by atoms with Crippen molar-refractivity contribution < 1.29 is 22.5 Å². The number of nitro groups is 1. The summed E-state index contributed by atoms with van der Waals surface area (Å²) >= 11 is 0. The molecule has 8 nitrogen and oxygen atoms in total. The Balaban J connectivity index is 2.55. The van der Waals surface area contributed by atoms with Gasteiger partial charge in [0.25, 0.3) is 10.0 Å². The van der Waals surface area contributed by atoms with E-state index in [-0.39, 0.29) is 11.3 Å². The van der Waals surface area contributed by atoms with Crippen LogP contribution in [0.25, 0.3) is 11.1 Å². The molecule has 0 aliphatic carbocycles. The molecule has 0 aliphatic rings. The number of halogens is 1. The molecule has 0 fully saturated rings. The number of methoxy groups -OCH3 is 1. The first kappa shape index (κ1) is 16.9. The minimum absolute atomic E-state index is 0.218. The van der Waals surface area contributed by atoms with Crippen molar-refractivity contribution >= 4 is 15.7 Å². The van der Waals surface area contributed by atoms with Crippen LogP contribution >= 0.6 is 0 Å². The Labute approximate surface area is 131 Å². The quantitative estimate of drug-likeness (QED) is 0.609. The second kappa shape index (κ2) is 5.95. The third-order valence-electron chi connectivity index (χ3n) is 3.18. The molecule has 1 heterocycles. The Morgan fingerprint density at radius 2 is 2.00 bits per heavy atom. The fourth-order valence-corrected chi connectivity index (χ4v) is 2.75. The van der Waals surface area contributed by atoms with Gasteiger partial charge in [0.05, 0.1) is 29.7 Å². The van der Waals surface area contributed by atoms with Gasteiger partial charge in [-0.05, 0) is 31.5 Å². The Morgan fingerprint density at radius 3 is 2.52 bits per heavy atom. The van der Waals surface area contributed by atoms with Crippen LogP contribution in [0.5, 0.6) is 5.75 Å². The summed E-state index contributed by atoms with van der Waals surface area (Å²) in [6, 6.07) is 2.19. The number of ether oxygens (including phenoxy) is 1. The van der Waals surface area contributed by atoms with Gasteiger partial charge in [-0.15, -0.1) is 0 Å². The largest absolute Gasteiger partial charge is 0.490 e. The maximum absolute atomic E-state index is 13.9. The number of nitro benzene ring substituents is 1. The first-order valence-electron chi connectivity index (χ1n) is 6.49. The zero-order valence-electron chi connectivity index (χ0n) is 12.6. The standard InChI is InChI=1S/C13H14FN3O5S/c1-8(2)23(20,21)16-7-10(6-15-16)9-4-11(14)13(17(18)19)12(5-9)22-3/h4-8H,1-3H3. The Kier molecular flexibility index (Phi) is 4.37. The van der Waals surface area contributed by atoms with Gasteiger partial charge in [0.15, 0.2) is 0 Å². The number of hydrogen-bond acceptors (Lipinski definition) is 6. The highest BCUT2D eigenvalue weighted by molar-refractivity contribution is 7.90. The molecule has 0 saturated carbocycles. The molecule has 0 amide bonds. The molecule has 2 aromatic rings. The summed E-state index contributed by atoms with van der Waals surface area (Å²) in [6.45, 7) is 3.01. The molecule has 124 valence electrons. The van der Waals surface area contributed by atoms with E-state index in [1.54, 1.807) is 0 Å². The van der Waals surface area contributed by atoms with Gasteiger partial charge >= 0.3 is 5.69 Å². The van der Waals surface area contributed by atoms with Crippen LogP contribution in [-0.2, 0) is 10.0 Å². The fourth-order valence-electron chi connectivity index (χ4n) is 1.88. The van der Waals surface area contributed by atoms with E-state index in [0.717, 1.165) is 10.2 Å². The van der Waals surface area contributed by atoms with Crippen molar-refractivity contribution in [3.8, 4) is 16.9 Å². The van der Waals surface area contributed by atoms with Crippen LogP contribution in [0.2, 0.25) is 0 Å². The van der Waals surface area contributed by atoms with Crippen molar-refractivity contribution in [3.63, 3.8) is 0 Å². The lowest BCUT2D eigenvalue weighted by Gasteiger charge is -2.07. The second-order valence-electron chi connectivity index (χ2n) is 4.96. The minimum atomic E-state index is -3.64. The summed E-state index contributed by atoms with van der Waals surface area (Å²) < 4.78 is 43.6. The highest BCUT2D eigenvalue weighted by Gasteiger charge is 2.24. The molecule has 0 aliphatic heterocycles. The molecule has 23 heavy (non-hydrogen) atoms. The summed E-state index contributed by atoms with van der Waals surface area (Å²) in [5.74, 6) is -1.34. The fraction of sp³-hybridized carbons (Fsp3) is 0.308. The van der Waals surface area contributed by atoms with Crippen molar-refractivity contribution in [2.45, 2.75) is 19.1 Å². The summed E-state index contributed by atoms with van der Waals surface area (Å²) in [6.07, 6.45) is 2.45. The van der Waals surface area contributed by atoms with Gasteiger partial charge in [0.2, 0.25) is 11.6 Å². The highest BCUT2D eigenvalue weighted by Crippen LogP contribution is 2.35. The highest BCUT2D eigenvalue weighted by atomic mass is 32.2. The maximum atomic E-state index is 13.9. The molecule has 1 aromatic heterocycles. The van der Waals surface area contributed by atoms with Crippen LogP contribution in [0.4, 0.5) is 10.1 Å². The van der Waals surface area contributed by atoms with Gasteiger partial charge in [-0.2, -0.15) is 13.6 Å². The van der Waals surface area contributed by atoms with Gasteiger partial charge in [0.1, 0.15) is 0 Å². The van der Waals surface area contributed by atoms with E-state index in [2.05, 4.69) is 5.10 Å². The Morgan fingerprint density at radius 1 is 1.35 bits per heavy atom. The van der Waals surface area contributed by atoms with Crippen LogP contribution < -0.4 is 4.74 Å². The summed E-state index contributed by atoms with van der Waals surface area (Å²) in [5, 5.41) is 13.9. The van der Waals surface area contributed by atoms with Crippen molar-refractivity contribution in [3.05, 3.63) is 40.5 Å². The zero-order chi connectivity index (χ0) is 17.4. The molecule has 0 atom stereocenters. The molecule has 1 aromatic carbocycles. The molecule has 0 N–H and O–H groups in total. The second-order valence-corrected chi connectivity index (χ2v) is 7.31. The van der Waals surface area contributed by atoms with E-state index in [9.17, 15) is 22.9 Å². The number of nitrogens with zero attached hydrogens (tertiary/aromatic N) is 3. The number of rotatable bonds is 5. The molecule has 2 rings (SSSR count). The predicted octanol–water partition coefficient (Wildman–Crippen LogP) is 2.19. The van der Waals surface area contributed by atoms with Crippen molar-refractivity contribution in [1.29, 1.82) is 0 Å². The lowest BCUT2D eigenvalue weighted by Crippen LogP contribution is -2.22. The Bertz CT molecular complexity index is 860. The third-order valence-corrected chi connectivity index (χ3v) is 5.09. The van der Waals surface area contributed by atoms with Crippen LogP contribution in [0.1, 0.15) is 13.8 Å². The van der Waals surface area contributed by atoms with Crippen LogP contribution in [-0.4, -0.2) is 34.9 Å². The number of aromatic nitrogens is 2. The topological polar surface area (TPSA) is 104 Å². The lowest BCUT2D eigenvalue weighted by molar-refractivity contribution is -0.388. The lowest BCUT2D eigenvalue weighted by atomic mass is 10.1. The first-order chi connectivity index (χ1) is 10.7. The van der Waals surface area contributed by atoms with Crippen molar-refractivity contribution in [1.82, 2.24) is 9.19 Å². The molecule has 10 heteroatoms. The van der Waals surface area contributed by atoms with Crippen molar-refractivity contribution in [2.24, 2.45) is 0 Å². The van der Waals surface area contributed by atoms with Crippen LogP contribution in [0.15, 0.2) is 24.5 Å². The van der Waals surface area contributed by atoms with Gasteiger partial charge in [-0.25, -0.2) is 8.42 Å². The third kappa shape index (κ3) is 3.02. The number of benzene rings is 1. The minimum Gasteiger partial charge on any atom is -0.490 e. The summed E-state index contributed by atoms with van der Waals surface area (Å²) in [7, 11) is -2.46. The zero-order valence-corrected chi connectivity index (χ0v) is 13.4. The first-order valence-corrected chi connectivity index (χ1v) is 8.00. The normalized spacial score (nSPS) is 11.7. The predicted molar refractivity (Wildman–Crippen MR) is 80.3 cm³/mol. The van der Waals surface area contributed by atoms with E-state index in [0.29, 0.717) is 5.56 Å².